The number of hydrogen-bond acceptors (Lipinski definition) is 3. The van der Waals surface area contributed by atoms with Crippen molar-refractivity contribution in [1.29, 1.82) is 0 Å². The molecule has 2 aromatic rings. The predicted molar refractivity (Wildman–Crippen MR) is 90.9 cm³/mol. The Kier molecular flexibility index (Phi) is 3.32. The average molecular weight is 321 g/mol. The van der Waals surface area contributed by atoms with Gasteiger partial charge in [-0.15, -0.1) is 0 Å². The van der Waals surface area contributed by atoms with Gasteiger partial charge in [-0.1, -0.05) is 43.3 Å². The summed E-state index contributed by atoms with van der Waals surface area (Å²) >= 11 is 0. The molecule has 2 unspecified atom stereocenters. The maximum atomic E-state index is 13.0. The largest absolute Gasteiger partial charge is 0.375 e. The first kappa shape index (κ1) is 15.1. The fraction of sp³-hybridized carbons (Fsp3) is 0.300. The summed E-state index contributed by atoms with van der Waals surface area (Å²) in [6.07, 6.45) is 1.96. The lowest BCUT2D eigenvalue weighted by Gasteiger charge is -2.33. The number of fused-ring (bicyclic) bond motifs is 2. The molecule has 2 aromatic carbocycles. The van der Waals surface area contributed by atoms with Crippen LogP contribution in [0.1, 0.15) is 40.4 Å². The van der Waals surface area contributed by atoms with Crippen LogP contribution in [0, 0.1) is 5.92 Å². The second-order valence-corrected chi connectivity index (χ2v) is 6.57. The molecule has 1 amide bonds. The van der Waals surface area contributed by atoms with E-state index in [-0.39, 0.29) is 5.78 Å². The second-order valence-electron chi connectivity index (χ2n) is 6.57. The van der Waals surface area contributed by atoms with Crippen molar-refractivity contribution in [3.8, 4) is 0 Å². The van der Waals surface area contributed by atoms with Gasteiger partial charge in [0.25, 0.3) is 5.91 Å². The average Bonchev–Trinajstić information content (AvgIpc) is 2.86. The molecule has 0 saturated heterocycles. The number of aliphatic hydroxyl groups is 1. The van der Waals surface area contributed by atoms with Crippen molar-refractivity contribution in [3.63, 3.8) is 0 Å². The van der Waals surface area contributed by atoms with Crippen molar-refractivity contribution in [1.82, 2.24) is 0 Å². The first-order valence-electron chi connectivity index (χ1n) is 8.35. The molecule has 1 heterocycles. The lowest BCUT2D eigenvalue weighted by molar-refractivity contribution is -0.138. The summed E-state index contributed by atoms with van der Waals surface area (Å²) < 4.78 is 0. The molecule has 4 rings (SSSR count). The third kappa shape index (κ3) is 1.96. The van der Waals surface area contributed by atoms with Crippen molar-refractivity contribution in [3.05, 3.63) is 64.7 Å². The van der Waals surface area contributed by atoms with Gasteiger partial charge in [-0.2, -0.15) is 0 Å². The fourth-order valence-electron chi connectivity index (χ4n) is 3.92. The summed E-state index contributed by atoms with van der Waals surface area (Å²) in [6.45, 7) is 2.02. The van der Waals surface area contributed by atoms with E-state index in [1.807, 2.05) is 43.3 Å². The summed E-state index contributed by atoms with van der Waals surface area (Å²) in [5.41, 5.74) is 1.99. The molecule has 2 atom stereocenters. The van der Waals surface area contributed by atoms with Crippen LogP contribution < -0.4 is 5.32 Å². The molecular formula is C20H19NO3. The zero-order chi connectivity index (χ0) is 16.9. The van der Waals surface area contributed by atoms with Gasteiger partial charge in [-0.3, -0.25) is 9.59 Å². The highest BCUT2D eigenvalue weighted by molar-refractivity contribution is 6.11. The quantitative estimate of drug-likeness (QED) is 0.894. The highest BCUT2D eigenvalue weighted by atomic mass is 16.3. The molecule has 4 nitrogen and oxygen atoms in total. The van der Waals surface area contributed by atoms with Crippen LogP contribution in [0.2, 0.25) is 0 Å². The maximum Gasteiger partial charge on any atom is 0.261 e. The fourth-order valence-corrected chi connectivity index (χ4v) is 3.92. The van der Waals surface area contributed by atoms with Crippen molar-refractivity contribution in [2.45, 2.75) is 31.8 Å². The van der Waals surface area contributed by atoms with Crippen LogP contribution in [-0.2, 0) is 23.2 Å². The Morgan fingerprint density at radius 3 is 2.79 bits per heavy atom. The van der Waals surface area contributed by atoms with Gasteiger partial charge in [-0.25, -0.2) is 0 Å². The van der Waals surface area contributed by atoms with Crippen LogP contribution in [0.25, 0.3) is 0 Å². The minimum Gasteiger partial charge on any atom is -0.375 e. The van der Waals surface area contributed by atoms with Gasteiger partial charge < -0.3 is 10.4 Å². The molecule has 24 heavy (non-hydrogen) atoms. The number of carbonyl (C=O) groups excluding carboxylic acids is 2. The molecule has 0 saturated carbocycles. The number of aryl methyl sites for hydroxylation is 2. The third-order valence-electron chi connectivity index (χ3n) is 5.30. The lowest BCUT2D eigenvalue weighted by Crippen LogP contribution is -2.47. The van der Waals surface area contributed by atoms with Crippen molar-refractivity contribution in [2.75, 3.05) is 5.32 Å². The highest BCUT2D eigenvalue weighted by Crippen LogP contribution is 2.46. The molecule has 2 N–H and O–H groups in total. The summed E-state index contributed by atoms with van der Waals surface area (Å²) in [6, 6.07) is 13.0. The van der Waals surface area contributed by atoms with Crippen LogP contribution in [0.5, 0.6) is 0 Å². The first-order valence-corrected chi connectivity index (χ1v) is 8.35. The van der Waals surface area contributed by atoms with Crippen LogP contribution in [0.3, 0.4) is 0 Å². The molecule has 1 aliphatic carbocycles. The molecule has 122 valence electrons. The number of rotatable bonds is 2. The molecule has 0 aromatic heterocycles. The molecule has 4 heteroatoms. The van der Waals surface area contributed by atoms with Gasteiger partial charge in [0.05, 0.1) is 5.92 Å². The number of nitrogens with one attached hydrogen (secondary N) is 1. The van der Waals surface area contributed by atoms with E-state index in [0.29, 0.717) is 29.7 Å². The smallest absolute Gasteiger partial charge is 0.261 e. The third-order valence-corrected chi connectivity index (χ3v) is 5.30. The summed E-state index contributed by atoms with van der Waals surface area (Å²) in [5, 5.41) is 14.1. The van der Waals surface area contributed by atoms with Gasteiger partial charge >= 0.3 is 0 Å². The molecular weight excluding hydrogens is 302 g/mol. The van der Waals surface area contributed by atoms with E-state index in [2.05, 4.69) is 5.32 Å². The molecule has 0 radical (unpaired) electrons. The summed E-state index contributed by atoms with van der Waals surface area (Å²) in [4.78, 5) is 25.6. The molecule has 1 aliphatic heterocycles. The van der Waals surface area contributed by atoms with E-state index in [1.165, 1.54) is 0 Å². The predicted octanol–water partition coefficient (Wildman–Crippen LogP) is 2.83. The topological polar surface area (TPSA) is 66.4 Å². The first-order chi connectivity index (χ1) is 11.6. The normalized spacial score (nSPS) is 25.2. The molecule has 0 spiro atoms. The van der Waals surface area contributed by atoms with E-state index < -0.39 is 17.4 Å². The highest BCUT2D eigenvalue weighted by Gasteiger charge is 2.54. The Bertz CT molecular complexity index is 858. The van der Waals surface area contributed by atoms with E-state index in [1.54, 1.807) is 6.07 Å². The number of carbonyl (C=O) groups is 2. The monoisotopic (exact) mass is 321 g/mol. The van der Waals surface area contributed by atoms with Gasteiger partial charge in [0.15, 0.2) is 11.4 Å². The minimum atomic E-state index is -1.79. The van der Waals surface area contributed by atoms with Gasteiger partial charge in [-0.05, 0) is 36.5 Å². The Morgan fingerprint density at radius 1 is 1.21 bits per heavy atom. The lowest BCUT2D eigenvalue weighted by atomic mass is 9.71. The molecule has 0 fully saturated rings. The van der Waals surface area contributed by atoms with Crippen LogP contribution >= 0.6 is 0 Å². The maximum absolute atomic E-state index is 13.0. The Balaban J connectivity index is 1.82. The summed E-state index contributed by atoms with van der Waals surface area (Å²) in [7, 11) is 0. The zero-order valence-corrected chi connectivity index (χ0v) is 13.5. The zero-order valence-electron chi connectivity index (χ0n) is 13.5. The Labute approximate surface area is 140 Å². The molecule has 0 bridgehead atoms. The Hall–Kier alpha value is -2.46. The van der Waals surface area contributed by atoms with Crippen LogP contribution in [0.4, 0.5) is 5.69 Å². The van der Waals surface area contributed by atoms with E-state index >= 15 is 0 Å². The minimum absolute atomic E-state index is 0.149. The van der Waals surface area contributed by atoms with Gasteiger partial charge in [0.1, 0.15) is 0 Å². The SMILES string of the molecule is CCc1ccc2c(c1)C(O)(C1CCc3ccccc3C1=O)C(=O)N2. The van der Waals surface area contributed by atoms with Gasteiger partial charge in [0.2, 0.25) is 0 Å². The van der Waals surface area contributed by atoms with Crippen LogP contribution in [-0.4, -0.2) is 16.8 Å². The van der Waals surface area contributed by atoms with Crippen LogP contribution in [0.15, 0.2) is 42.5 Å². The number of ketones is 1. The van der Waals surface area contributed by atoms with Gasteiger partial charge in [0, 0.05) is 16.8 Å². The number of Topliss-reactive ketones (excluding diaryl/α,β-unsaturated/α-hetero) is 1. The number of anilines is 1. The standard InChI is InChI=1S/C20H19NO3/c1-2-12-7-10-17-16(11-12)20(24,19(23)21-17)15-9-8-13-5-3-4-6-14(13)18(15)22/h3-7,10-11,15,24H,2,8-9H2,1H3,(H,21,23). The molecule has 2 aliphatic rings. The second kappa shape index (κ2) is 5.28. The number of amides is 1. The van der Waals surface area contributed by atoms with E-state index in [9.17, 15) is 14.7 Å². The van der Waals surface area contributed by atoms with Crippen molar-refractivity contribution in [2.24, 2.45) is 5.92 Å². The van der Waals surface area contributed by atoms with E-state index in [0.717, 1.165) is 17.5 Å². The Morgan fingerprint density at radius 2 is 2.00 bits per heavy atom. The van der Waals surface area contributed by atoms with E-state index in [4.69, 9.17) is 0 Å². The number of benzene rings is 2. The van der Waals surface area contributed by atoms with Crippen molar-refractivity contribution >= 4 is 17.4 Å². The summed E-state index contributed by atoms with van der Waals surface area (Å²) in [5.74, 6) is -1.39. The number of hydrogen-bond donors (Lipinski definition) is 2. The van der Waals surface area contributed by atoms with Crippen molar-refractivity contribution < 1.29 is 14.7 Å².